The smallest absolute Gasteiger partial charge is 0.336 e. The topological polar surface area (TPSA) is 93.6 Å². The maximum atomic E-state index is 6.07. The van der Waals surface area contributed by atoms with Gasteiger partial charge in [-0.25, -0.2) is 9.50 Å². The summed E-state index contributed by atoms with van der Waals surface area (Å²) in [5.74, 6) is 1.04. The lowest BCUT2D eigenvalue weighted by Gasteiger charge is -2.35. The summed E-state index contributed by atoms with van der Waals surface area (Å²) in [6, 6.07) is 1.08. The molecule has 0 aromatic carbocycles. The van der Waals surface area contributed by atoms with E-state index in [-0.39, 0.29) is 0 Å². The summed E-state index contributed by atoms with van der Waals surface area (Å²) in [4.78, 5) is 11.3. The molecule has 0 spiro atoms. The molecule has 0 saturated carbocycles. The standard InChI is InChI=1S/C19H31N7O/c1-2-3-10-27-19-23-17(20)18-22-13-16(26(18)24-19)11-14-5-8-25(9-6-14)15-4-7-21-12-15/h13-15,21H,2-12H2,1H3,(H2,20,23,24). The van der Waals surface area contributed by atoms with Crippen molar-refractivity contribution in [3.05, 3.63) is 11.9 Å². The minimum Gasteiger partial charge on any atom is -0.462 e. The van der Waals surface area contributed by atoms with Gasteiger partial charge in [0, 0.05) is 12.6 Å². The molecule has 148 valence electrons. The number of hydrogen-bond acceptors (Lipinski definition) is 7. The van der Waals surface area contributed by atoms with Crippen LogP contribution in [-0.2, 0) is 6.42 Å². The number of nitrogens with zero attached hydrogens (tertiary/aromatic N) is 5. The van der Waals surface area contributed by atoms with Crippen LogP contribution in [-0.4, -0.2) is 63.3 Å². The highest BCUT2D eigenvalue weighted by Gasteiger charge is 2.27. The highest BCUT2D eigenvalue weighted by atomic mass is 16.5. The maximum Gasteiger partial charge on any atom is 0.336 e. The van der Waals surface area contributed by atoms with Crippen LogP contribution in [0.1, 0.15) is 44.7 Å². The molecule has 2 aliphatic heterocycles. The predicted octanol–water partition coefficient (Wildman–Crippen LogP) is 1.50. The summed E-state index contributed by atoms with van der Waals surface area (Å²) in [5.41, 5.74) is 7.79. The number of aromatic nitrogens is 4. The number of piperidine rings is 1. The molecule has 0 bridgehead atoms. The van der Waals surface area contributed by atoms with E-state index in [1.54, 1.807) is 0 Å². The van der Waals surface area contributed by atoms with Gasteiger partial charge in [-0.2, -0.15) is 4.98 Å². The van der Waals surface area contributed by atoms with E-state index < -0.39 is 0 Å². The van der Waals surface area contributed by atoms with Crippen LogP contribution < -0.4 is 15.8 Å². The van der Waals surface area contributed by atoms with E-state index >= 15 is 0 Å². The van der Waals surface area contributed by atoms with Gasteiger partial charge in [0.05, 0.1) is 18.5 Å². The number of anilines is 1. The molecular formula is C19H31N7O. The van der Waals surface area contributed by atoms with Crippen LogP contribution in [0.15, 0.2) is 6.20 Å². The van der Waals surface area contributed by atoms with Gasteiger partial charge in [0.2, 0.25) is 0 Å². The number of hydrogen-bond donors (Lipinski definition) is 2. The van der Waals surface area contributed by atoms with Crippen molar-refractivity contribution in [3.63, 3.8) is 0 Å². The first kappa shape index (κ1) is 18.4. The van der Waals surface area contributed by atoms with Crippen molar-refractivity contribution in [1.82, 2.24) is 29.8 Å². The fourth-order valence-electron chi connectivity index (χ4n) is 4.21. The second-order valence-electron chi connectivity index (χ2n) is 7.80. The van der Waals surface area contributed by atoms with E-state index in [4.69, 9.17) is 10.5 Å². The van der Waals surface area contributed by atoms with Crippen molar-refractivity contribution < 1.29 is 4.74 Å². The number of nitrogen functional groups attached to an aromatic ring is 1. The van der Waals surface area contributed by atoms with Gasteiger partial charge in [-0.15, -0.1) is 5.10 Å². The molecule has 1 atom stereocenters. The van der Waals surface area contributed by atoms with E-state index in [0.717, 1.165) is 44.1 Å². The number of nitrogens with one attached hydrogen (secondary N) is 1. The van der Waals surface area contributed by atoms with Crippen LogP contribution in [0.25, 0.3) is 5.65 Å². The van der Waals surface area contributed by atoms with Crippen molar-refractivity contribution in [2.75, 3.05) is 38.5 Å². The Labute approximate surface area is 160 Å². The highest BCUT2D eigenvalue weighted by molar-refractivity contribution is 5.59. The fourth-order valence-corrected chi connectivity index (χ4v) is 4.21. The lowest BCUT2D eigenvalue weighted by Crippen LogP contribution is -2.42. The molecule has 0 radical (unpaired) electrons. The Hall–Kier alpha value is -1.93. The summed E-state index contributed by atoms with van der Waals surface area (Å²) in [6.07, 6.45) is 8.66. The number of nitrogens with two attached hydrogens (primary N) is 1. The Morgan fingerprint density at radius 2 is 2.15 bits per heavy atom. The number of fused-ring (bicyclic) bond motifs is 1. The third-order valence-electron chi connectivity index (χ3n) is 5.87. The molecule has 4 heterocycles. The van der Waals surface area contributed by atoms with Crippen molar-refractivity contribution in [1.29, 1.82) is 0 Å². The van der Waals surface area contributed by atoms with Gasteiger partial charge in [-0.05, 0) is 57.7 Å². The molecular weight excluding hydrogens is 342 g/mol. The number of likely N-dealkylation sites (tertiary alicyclic amines) is 1. The Morgan fingerprint density at radius 1 is 1.30 bits per heavy atom. The molecule has 27 heavy (non-hydrogen) atoms. The highest BCUT2D eigenvalue weighted by Crippen LogP contribution is 2.25. The van der Waals surface area contributed by atoms with Crippen LogP contribution >= 0.6 is 0 Å². The zero-order valence-electron chi connectivity index (χ0n) is 16.2. The maximum absolute atomic E-state index is 6.07. The lowest BCUT2D eigenvalue weighted by atomic mass is 9.91. The zero-order chi connectivity index (χ0) is 18.6. The molecule has 8 heteroatoms. The molecule has 1 unspecified atom stereocenters. The molecule has 2 aromatic rings. The van der Waals surface area contributed by atoms with Gasteiger partial charge in [-0.3, -0.25) is 4.90 Å². The molecule has 8 nitrogen and oxygen atoms in total. The largest absolute Gasteiger partial charge is 0.462 e. The Balaban J connectivity index is 1.41. The van der Waals surface area contributed by atoms with Gasteiger partial charge in [-0.1, -0.05) is 13.3 Å². The SMILES string of the molecule is CCCCOc1nc(N)c2ncc(CC3CCN(C4CCNC4)CC3)n2n1. The third kappa shape index (κ3) is 4.16. The molecule has 0 amide bonds. The molecule has 3 N–H and O–H groups in total. The van der Waals surface area contributed by atoms with Crippen molar-refractivity contribution in [2.24, 2.45) is 5.92 Å². The Bertz CT molecular complexity index is 748. The minimum atomic E-state index is 0.344. The number of unbranched alkanes of at least 4 members (excludes halogenated alkanes) is 1. The molecule has 2 aromatic heterocycles. The van der Waals surface area contributed by atoms with Crippen molar-refractivity contribution >= 4 is 11.5 Å². The van der Waals surface area contributed by atoms with Crippen molar-refractivity contribution in [2.45, 2.75) is 51.5 Å². The first-order valence-corrected chi connectivity index (χ1v) is 10.3. The van der Waals surface area contributed by atoms with Gasteiger partial charge in [0.15, 0.2) is 11.5 Å². The van der Waals surface area contributed by atoms with Crippen molar-refractivity contribution in [3.8, 4) is 6.01 Å². The van der Waals surface area contributed by atoms with E-state index in [1.165, 1.54) is 32.4 Å². The van der Waals surface area contributed by atoms with Crippen LogP contribution in [0.4, 0.5) is 5.82 Å². The third-order valence-corrected chi connectivity index (χ3v) is 5.87. The predicted molar refractivity (Wildman–Crippen MR) is 105 cm³/mol. The van der Waals surface area contributed by atoms with E-state index in [1.807, 2.05) is 10.7 Å². The van der Waals surface area contributed by atoms with Gasteiger partial charge < -0.3 is 15.8 Å². The second kappa shape index (κ2) is 8.39. The molecule has 2 saturated heterocycles. The summed E-state index contributed by atoms with van der Waals surface area (Å²) in [7, 11) is 0. The molecule has 2 aliphatic rings. The Kier molecular flexibility index (Phi) is 5.73. The summed E-state index contributed by atoms with van der Waals surface area (Å²) >= 11 is 0. The van der Waals surface area contributed by atoms with Gasteiger partial charge >= 0.3 is 6.01 Å². The molecule has 4 rings (SSSR count). The molecule has 0 aliphatic carbocycles. The number of ether oxygens (including phenoxy) is 1. The normalized spacial score (nSPS) is 21.9. The van der Waals surface area contributed by atoms with Gasteiger partial charge in [0.25, 0.3) is 0 Å². The average molecular weight is 374 g/mol. The van der Waals surface area contributed by atoms with E-state index in [9.17, 15) is 0 Å². The van der Waals surface area contributed by atoms with Crippen LogP contribution in [0.2, 0.25) is 0 Å². The summed E-state index contributed by atoms with van der Waals surface area (Å²) in [6.45, 7) is 7.43. The first-order valence-electron chi connectivity index (χ1n) is 10.3. The Morgan fingerprint density at radius 3 is 2.89 bits per heavy atom. The van der Waals surface area contributed by atoms with E-state index in [2.05, 4.69) is 32.2 Å². The first-order chi connectivity index (χ1) is 13.2. The number of imidazole rings is 1. The fraction of sp³-hybridized carbons (Fsp3) is 0.737. The second-order valence-corrected chi connectivity index (χ2v) is 7.80. The van der Waals surface area contributed by atoms with Crippen LogP contribution in [0.3, 0.4) is 0 Å². The quantitative estimate of drug-likeness (QED) is 0.710. The van der Waals surface area contributed by atoms with E-state index in [0.29, 0.717) is 30.0 Å². The zero-order valence-corrected chi connectivity index (χ0v) is 16.2. The monoisotopic (exact) mass is 373 g/mol. The number of rotatable bonds is 7. The molecule has 2 fully saturated rings. The summed E-state index contributed by atoms with van der Waals surface area (Å²) in [5, 5.41) is 8.01. The average Bonchev–Trinajstić information content (AvgIpc) is 3.34. The van der Waals surface area contributed by atoms with Crippen LogP contribution in [0, 0.1) is 5.92 Å². The van der Waals surface area contributed by atoms with Crippen LogP contribution in [0.5, 0.6) is 6.01 Å². The minimum absolute atomic E-state index is 0.344. The summed E-state index contributed by atoms with van der Waals surface area (Å²) < 4.78 is 7.49. The van der Waals surface area contributed by atoms with Gasteiger partial charge in [0.1, 0.15) is 0 Å². The lowest BCUT2D eigenvalue weighted by molar-refractivity contribution is 0.140.